The van der Waals surface area contributed by atoms with Crippen molar-refractivity contribution in [1.29, 1.82) is 0 Å². The topological polar surface area (TPSA) is 39.6 Å². The lowest BCUT2D eigenvalue weighted by Gasteiger charge is -2.40. The smallest absolute Gasteiger partial charge is 0.171 e. The maximum Gasteiger partial charge on any atom is 0.171 e. The van der Waals surface area contributed by atoms with Crippen molar-refractivity contribution in [3.05, 3.63) is 23.6 Å². The summed E-state index contributed by atoms with van der Waals surface area (Å²) in [6.45, 7) is 7.47. The summed E-state index contributed by atoms with van der Waals surface area (Å²) in [5, 5.41) is 9.08. The molecule has 0 aromatic carbocycles. The third-order valence-corrected chi connectivity index (χ3v) is 3.59. The molecule has 1 aromatic rings. The van der Waals surface area contributed by atoms with Gasteiger partial charge in [0, 0.05) is 37.4 Å². The monoisotopic (exact) mass is 253 g/mol. The summed E-state index contributed by atoms with van der Waals surface area (Å²) in [5.41, 5.74) is 0.311. The molecule has 1 N–H and O–H groups in total. The number of hydrogen-bond acceptors (Lipinski definition) is 4. The second-order valence-corrected chi connectivity index (χ2v) is 4.69. The van der Waals surface area contributed by atoms with E-state index < -0.39 is 5.82 Å². The third-order valence-electron chi connectivity index (χ3n) is 3.59. The zero-order chi connectivity index (χ0) is 13.1. The Bertz CT molecular complexity index is 413. The van der Waals surface area contributed by atoms with Crippen LogP contribution in [0.3, 0.4) is 0 Å². The lowest BCUT2D eigenvalue weighted by atomic mass is 10.1. The zero-order valence-electron chi connectivity index (χ0n) is 10.9. The van der Waals surface area contributed by atoms with Crippen LogP contribution in [-0.4, -0.2) is 47.2 Å². The Hall–Kier alpha value is -1.20. The number of anilines is 1. The van der Waals surface area contributed by atoms with Crippen LogP contribution in [0.15, 0.2) is 12.3 Å². The number of piperazine rings is 1. The van der Waals surface area contributed by atoms with Crippen molar-refractivity contribution < 1.29 is 9.50 Å². The fourth-order valence-electron chi connectivity index (χ4n) is 2.47. The summed E-state index contributed by atoms with van der Waals surface area (Å²) >= 11 is 0. The molecule has 0 bridgehead atoms. The first-order valence-electron chi connectivity index (χ1n) is 6.40. The van der Waals surface area contributed by atoms with Gasteiger partial charge in [0.25, 0.3) is 0 Å². The van der Waals surface area contributed by atoms with Gasteiger partial charge in [0.1, 0.15) is 0 Å². The van der Waals surface area contributed by atoms with Crippen LogP contribution < -0.4 is 4.90 Å². The number of aliphatic hydroxyl groups is 1. The predicted molar refractivity (Wildman–Crippen MR) is 69.0 cm³/mol. The van der Waals surface area contributed by atoms with E-state index in [1.165, 1.54) is 6.07 Å². The molecule has 1 fully saturated rings. The average Bonchev–Trinajstić information content (AvgIpc) is 2.39. The van der Waals surface area contributed by atoms with Gasteiger partial charge in [0.2, 0.25) is 0 Å². The number of rotatable bonds is 3. The lowest BCUT2D eigenvalue weighted by molar-refractivity contribution is 0.198. The van der Waals surface area contributed by atoms with E-state index in [2.05, 4.69) is 23.7 Å². The first kappa shape index (κ1) is 13.2. The van der Waals surface area contributed by atoms with Gasteiger partial charge in [-0.05, 0) is 19.5 Å². The van der Waals surface area contributed by atoms with E-state index in [1.54, 1.807) is 6.20 Å². The maximum atomic E-state index is 14.1. The Morgan fingerprint density at radius 2 is 2.28 bits per heavy atom. The number of aliphatic hydroxyl groups excluding tert-OH is 1. The summed E-state index contributed by atoms with van der Waals surface area (Å²) < 4.78 is 14.1. The molecule has 1 aliphatic heterocycles. The summed E-state index contributed by atoms with van der Waals surface area (Å²) in [6.07, 6.45) is 1.56. The zero-order valence-corrected chi connectivity index (χ0v) is 10.9. The van der Waals surface area contributed by atoms with Gasteiger partial charge in [0.15, 0.2) is 11.6 Å². The highest BCUT2D eigenvalue weighted by atomic mass is 19.1. The first-order valence-corrected chi connectivity index (χ1v) is 6.40. The van der Waals surface area contributed by atoms with Crippen LogP contribution in [0.5, 0.6) is 0 Å². The molecule has 18 heavy (non-hydrogen) atoms. The summed E-state index contributed by atoms with van der Waals surface area (Å²) in [4.78, 5) is 8.45. The minimum atomic E-state index is -0.392. The van der Waals surface area contributed by atoms with Gasteiger partial charge in [-0.15, -0.1) is 0 Å². The Morgan fingerprint density at radius 3 is 2.89 bits per heavy atom. The van der Waals surface area contributed by atoms with Crippen LogP contribution in [0.1, 0.15) is 19.4 Å². The standard InChI is InChI=1S/C13H20FN3O/c1-3-16-6-7-17(8-10(16)2)13-12(14)11(9-18)4-5-15-13/h4-5,10,18H,3,6-9H2,1-2H3. The highest BCUT2D eigenvalue weighted by Gasteiger charge is 2.25. The number of pyridine rings is 1. The summed E-state index contributed by atoms with van der Waals surface area (Å²) in [5.74, 6) is -0.0266. The first-order chi connectivity index (χ1) is 8.67. The fraction of sp³-hybridized carbons (Fsp3) is 0.615. The van der Waals surface area contributed by atoms with Crippen molar-refractivity contribution >= 4 is 5.82 Å². The molecule has 0 spiro atoms. The molecule has 100 valence electrons. The Balaban J connectivity index is 2.18. The molecule has 2 heterocycles. The number of aromatic nitrogens is 1. The molecule has 1 unspecified atom stereocenters. The molecule has 1 aliphatic rings. The van der Waals surface area contributed by atoms with Gasteiger partial charge in [-0.1, -0.05) is 6.92 Å². The Labute approximate surface area is 107 Å². The van der Waals surface area contributed by atoms with Crippen LogP contribution in [0, 0.1) is 5.82 Å². The van der Waals surface area contributed by atoms with Crippen LogP contribution >= 0.6 is 0 Å². The predicted octanol–water partition coefficient (Wildman–Crippen LogP) is 1.24. The number of hydrogen-bond donors (Lipinski definition) is 1. The lowest BCUT2D eigenvalue weighted by Crippen LogP contribution is -2.52. The largest absolute Gasteiger partial charge is 0.392 e. The Morgan fingerprint density at radius 1 is 1.50 bits per heavy atom. The quantitative estimate of drug-likeness (QED) is 0.880. The van der Waals surface area contributed by atoms with Gasteiger partial charge < -0.3 is 10.0 Å². The van der Waals surface area contributed by atoms with E-state index >= 15 is 0 Å². The second-order valence-electron chi connectivity index (χ2n) is 4.69. The highest BCUT2D eigenvalue weighted by molar-refractivity contribution is 5.43. The van der Waals surface area contributed by atoms with Gasteiger partial charge >= 0.3 is 0 Å². The molecule has 2 rings (SSSR count). The summed E-state index contributed by atoms with van der Waals surface area (Å²) in [7, 11) is 0. The van der Waals surface area contributed by atoms with Crippen LogP contribution in [-0.2, 0) is 6.61 Å². The van der Waals surface area contributed by atoms with Crippen molar-refractivity contribution in [1.82, 2.24) is 9.88 Å². The number of halogens is 1. The van der Waals surface area contributed by atoms with Gasteiger partial charge in [-0.2, -0.15) is 0 Å². The number of nitrogens with zero attached hydrogens (tertiary/aromatic N) is 3. The van der Waals surface area contributed by atoms with Crippen molar-refractivity contribution in [2.24, 2.45) is 0 Å². The van der Waals surface area contributed by atoms with Crippen molar-refractivity contribution in [2.45, 2.75) is 26.5 Å². The van der Waals surface area contributed by atoms with E-state index in [4.69, 9.17) is 5.11 Å². The molecule has 0 saturated carbocycles. The van der Waals surface area contributed by atoms with E-state index in [-0.39, 0.29) is 6.61 Å². The Kier molecular flexibility index (Phi) is 4.14. The van der Waals surface area contributed by atoms with E-state index in [0.717, 1.165) is 26.2 Å². The molecule has 4 nitrogen and oxygen atoms in total. The van der Waals surface area contributed by atoms with E-state index in [0.29, 0.717) is 17.4 Å². The van der Waals surface area contributed by atoms with Crippen LogP contribution in [0.4, 0.5) is 10.2 Å². The molecule has 0 amide bonds. The maximum absolute atomic E-state index is 14.1. The molecule has 1 aromatic heterocycles. The van der Waals surface area contributed by atoms with Gasteiger partial charge in [-0.25, -0.2) is 9.37 Å². The van der Waals surface area contributed by atoms with Crippen molar-refractivity contribution in [3.63, 3.8) is 0 Å². The minimum absolute atomic E-state index is 0.286. The summed E-state index contributed by atoms with van der Waals surface area (Å²) in [6, 6.07) is 1.91. The van der Waals surface area contributed by atoms with E-state index in [9.17, 15) is 4.39 Å². The van der Waals surface area contributed by atoms with Gasteiger partial charge in [-0.3, -0.25) is 4.90 Å². The molecule has 1 atom stereocenters. The van der Waals surface area contributed by atoms with Crippen molar-refractivity contribution in [2.75, 3.05) is 31.1 Å². The minimum Gasteiger partial charge on any atom is -0.392 e. The molecule has 1 saturated heterocycles. The van der Waals surface area contributed by atoms with E-state index in [1.807, 2.05) is 4.90 Å². The van der Waals surface area contributed by atoms with Crippen LogP contribution in [0.25, 0.3) is 0 Å². The molecular formula is C13H20FN3O. The average molecular weight is 253 g/mol. The molecular weight excluding hydrogens is 233 g/mol. The normalized spacial score (nSPS) is 21.3. The third kappa shape index (κ3) is 2.47. The molecule has 0 radical (unpaired) electrons. The second kappa shape index (κ2) is 5.63. The molecule has 5 heteroatoms. The highest BCUT2D eigenvalue weighted by Crippen LogP contribution is 2.22. The SMILES string of the molecule is CCN1CCN(c2nccc(CO)c2F)CC1C. The fourth-order valence-corrected chi connectivity index (χ4v) is 2.47. The van der Waals surface area contributed by atoms with Crippen molar-refractivity contribution in [3.8, 4) is 0 Å². The van der Waals surface area contributed by atoms with Crippen LogP contribution in [0.2, 0.25) is 0 Å². The van der Waals surface area contributed by atoms with Gasteiger partial charge in [0.05, 0.1) is 6.61 Å². The number of likely N-dealkylation sites (N-methyl/N-ethyl adjacent to an activating group) is 1. The molecule has 0 aliphatic carbocycles.